The Bertz CT molecular complexity index is 366. The molecule has 3 heteroatoms. The highest BCUT2D eigenvalue weighted by molar-refractivity contribution is 5.92. The third kappa shape index (κ3) is 3.48. The lowest BCUT2D eigenvalue weighted by Gasteiger charge is -2.21. The Balaban J connectivity index is 1.84. The van der Waals surface area contributed by atoms with E-state index >= 15 is 0 Å². The maximum atomic E-state index is 10.9. The molecule has 1 aromatic carbocycles. The van der Waals surface area contributed by atoms with Gasteiger partial charge in [0.25, 0.3) is 0 Å². The first-order valence-electron chi connectivity index (χ1n) is 6.28. The molecule has 0 heterocycles. The molecule has 0 bridgehead atoms. The first-order valence-corrected chi connectivity index (χ1v) is 6.28. The van der Waals surface area contributed by atoms with Crippen LogP contribution < -0.4 is 10.5 Å². The predicted octanol–water partition coefficient (Wildman–Crippen LogP) is 2.74. The van der Waals surface area contributed by atoms with Crippen LogP contribution in [-0.4, -0.2) is 12.5 Å². The largest absolute Gasteiger partial charge is 0.493 e. The third-order valence-corrected chi connectivity index (χ3v) is 3.35. The standard InChI is InChI=1S/C14H19NO2/c15-14(16)12-6-8-13(9-7-12)17-10-11-4-2-1-3-5-11/h6-9,11H,1-5,10H2,(H2,15,16). The summed E-state index contributed by atoms with van der Waals surface area (Å²) < 4.78 is 5.73. The van der Waals surface area contributed by atoms with Gasteiger partial charge in [-0.15, -0.1) is 0 Å². The average molecular weight is 233 g/mol. The van der Waals surface area contributed by atoms with Gasteiger partial charge in [0.05, 0.1) is 6.61 Å². The highest BCUT2D eigenvalue weighted by atomic mass is 16.5. The van der Waals surface area contributed by atoms with Gasteiger partial charge in [-0.2, -0.15) is 0 Å². The molecule has 1 aromatic rings. The summed E-state index contributed by atoms with van der Waals surface area (Å²) in [5, 5.41) is 0. The summed E-state index contributed by atoms with van der Waals surface area (Å²) in [6.07, 6.45) is 6.58. The van der Waals surface area contributed by atoms with Gasteiger partial charge >= 0.3 is 0 Å². The molecule has 1 fully saturated rings. The van der Waals surface area contributed by atoms with Gasteiger partial charge in [0.2, 0.25) is 5.91 Å². The zero-order chi connectivity index (χ0) is 12.1. The molecule has 0 aliphatic heterocycles. The summed E-state index contributed by atoms with van der Waals surface area (Å²) in [4.78, 5) is 10.9. The number of hydrogen-bond donors (Lipinski definition) is 1. The number of nitrogens with two attached hydrogens (primary N) is 1. The smallest absolute Gasteiger partial charge is 0.248 e. The number of carbonyl (C=O) groups is 1. The molecule has 17 heavy (non-hydrogen) atoms. The predicted molar refractivity (Wildman–Crippen MR) is 67.0 cm³/mol. The van der Waals surface area contributed by atoms with Crippen molar-refractivity contribution in [2.24, 2.45) is 11.7 Å². The first-order chi connectivity index (χ1) is 8.25. The van der Waals surface area contributed by atoms with Gasteiger partial charge in [-0.05, 0) is 43.0 Å². The van der Waals surface area contributed by atoms with Crippen LogP contribution in [0, 0.1) is 5.92 Å². The van der Waals surface area contributed by atoms with Gasteiger partial charge < -0.3 is 10.5 Å². The number of ether oxygens (including phenoxy) is 1. The van der Waals surface area contributed by atoms with E-state index in [-0.39, 0.29) is 0 Å². The molecule has 1 saturated carbocycles. The van der Waals surface area contributed by atoms with Crippen LogP contribution in [-0.2, 0) is 0 Å². The Morgan fingerprint density at radius 3 is 2.41 bits per heavy atom. The van der Waals surface area contributed by atoms with Crippen LogP contribution >= 0.6 is 0 Å². The van der Waals surface area contributed by atoms with Gasteiger partial charge in [-0.1, -0.05) is 19.3 Å². The molecule has 92 valence electrons. The normalized spacial score (nSPS) is 16.7. The maximum Gasteiger partial charge on any atom is 0.248 e. The van der Waals surface area contributed by atoms with Crippen LogP contribution in [0.2, 0.25) is 0 Å². The van der Waals surface area contributed by atoms with Crippen molar-refractivity contribution < 1.29 is 9.53 Å². The Morgan fingerprint density at radius 1 is 1.18 bits per heavy atom. The minimum atomic E-state index is -0.399. The summed E-state index contributed by atoms with van der Waals surface area (Å²) >= 11 is 0. The molecule has 0 spiro atoms. The molecule has 0 atom stereocenters. The molecule has 2 N–H and O–H groups in total. The molecular weight excluding hydrogens is 214 g/mol. The number of carbonyl (C=O) groups excluding carboxylic acids is 1. The number of rotatable bonds is 4. The topological polar surface area (TPSA) is 52.3 Å². The van der Waals surface area contributed by atoms with E-state index in [2.05, 4.69) is 0 Å². The third-order valence-electron chi connectivity index (χ3n) is 3.35. The molecule has 0 saturated heterocycles. The molecule has 0 aromatic heterocycles. The van der Waals surface area contributed by atoms with E-state index < -0.39 is 5.91 Å². The van der Waals surface area contributed by atoms with Crippen LogP contribution in [0.1, 0.15) is 42.5 Å². The zero-order valence-electron chi connectivity index (χ0n) is 10.0. The fourth-order valence-electron chi connectivity index (χ4n) is 2.28. The lowest BCUT2D eigenvalue weighted by molar-refractivity contribution is 0.1000. The van der Waals surface area contributed by atoms with E-state index in [1.807, 2.05) is 12.1 Å². The molecule has 0 unspecified atom stereocenters. The SMILES string of the molecule is NC(=O)c1ccc(OCC2CCCCC2)cc1. The lowest BCUT2D eigenvalue weighted by Crippen LogP contribution is -2.15. The molecular formula is C14H19NO2. The van der Waals surface area contributed by atoms with Crippen LogP contribution in [0.15, 0.2) is 24.3 Å². The summed E-state index contributed by atoms with van der Waals surface area (Å²) in [5.74, 6) is 1.11. The van der Waals surface area contributed by atoms with Crippen LogP contribution in [0.5, 0.6) is 5.75 Å². The summed E-state index contributed by atoms with van der Waals surface area (Å²) in [7, 11) is 0. The van der Waals surface area contributed by atoms with Crippen molar-refractivity contribution in [3.05, 3.63) is 29.8 Å². The summed E-state index contributed by atoms with van der Waals surface area (Å²) in [6, 6.07) is 7.03. The van der Waals surface area contributed by atoms with Gasteiger partial charge in [0, 0.05) is 5.56 Å². The van der Waals surface area contributed by atoms with E-state index in [9.17, 15) is 4.79 Å². The highest BCUT2D eigenvalue weighted by Gasteiger charge is 2.13. The van der Waals surface area contributed by atoms with Crippen molar-refractivity contribution in [1.82, 2.24) is 0 Å². The number of amides is 1. The van der Waals surface area contributed by atoms with Crippen LogP contribution in [0.4, 0.5) is 0 Å². The van der Waals surface area contributed by atoms with Crippen molar-refractivity contribution in [3.63, 3.8) is 0 Å². The average Bonchev–Trinajstić information content (AvgIpc) is 2.38. The quantitative estimate of drug-likeness (QED) is 0.869. The maximum absolute atomic E-state index is 10.9. The first kappa shape index (κ1) is 12.0. The van der Waals surface area contributed by atoms with Crippen molar-refractivity contribution in [2.45, 2.75) is 32.1 Å². The molecule has 3 nitrogen and oxygen atoms in total. The van der Waals surface area contributed by atoms with Crippen molar-refractivity contribution >= 4 is 5.91 Å². The van der Waals surface area contributed by atoms with Crippen LogP contribution in [0.3, 0.4) is 0 Å². The Hall–Kier alpha value is -1.51. The Labute approximate surface area is 102 Å². The van der Waals surface area contributed by atoms with Crippen molar-refractivity contribution in [3.8, 4) is 5.75 Å². The highest BCUT2D eigenvalue weighted by Crippen LogP contribution is 2.24. The van der Waals surface area contributed by atoms with Crippen LogP contribution in [0.25, 0.3) is 0 Å². The molecule has 1 aliphatic carbocycles. The fraction of sp³-hybridized carbons (Fsp3) is 0.500. The molecule has 1 aliphatic rings. The van der Waals surface area contributed by atoms with Gasteiger partial charge in [-0.25, -0.2) is 0 Å². The van der Waals surface area contributed by atoms with Gasteiger partial charge in [-0.3, -0.25) is 4.79 Å². The number of primary amides is 1. The fourth-order valence-corrected chi connectivity index (χ4v) is 2.28. The number of hydrogen-bond acceptors (Lipinski definition) is 2. The van der Waals surface area contributed by atoms with Gasteiger partial charge in [0.1, 0.15) is 5.75 Å². The second kappa shape index (κ2) is 5.71. The molecule has 2 rings (SSSR count). The molecule has 0 radical (unpaired) electrons. The summed E-state index contributed by atoms with van der Waals surface area (Å²) in [6.45, 7) is 0.788. The van der Waals surface area contributed by atoms with Gasteiger partial charge in [0.15, 0.2) is 0 Å². The van der Waals surface area contributed by atoms with Crippen molar-refractivity contribution in [1.29, 1.82) is 0 Å². The van der Waals surface area contributed by atoms with E-state index in [1.54, 1.807) is 12.1 Å². The lowest BCUT2D eigenvalue weighted by atomic mass is 9.90. The second-order valence-corrected chi connectivity index (χ2v) is 4.70. The Morgan fingerprint density at radius 2 is 1.82 bits per heavy atom. The second-order valence-electron chi connectivity index (χ2n) is 4.70. The minimum Gasteiger partial charge on any atom is -0.493 e. The zero-order valence-corrected chi connectivity index (χ0v) is 10.0. The monoisotopic (exact) mass is 233 g/mol. The van der Waals surface area contributed by atoms with Crippen molar-refractivity contribution in [2.75, 3.05) is 6.61 Å². The minimum absolute atomic E-state index is 0.399. The Kier molecular flexibility index (Phi) is 4.02. The number of benzene rings is 1. The van der Waals surface area contributed by atoms with E-state index in [0.717, 1.165) is 12.4 Å². The van der Waals surface area contributed by atoms with E-state index in [4.69, 9.17) is 10.5 Å². The van der Waals surface area contributed by atoms with E-state index in [1.165, 1.54) is 32.1 Å². The summed E-state index contributed by atoms with van der Waals surface area (Å²) in [5.41, 5.74) is 5.70. The molecule has 1 amide bonds. The van der Waals surface area contributed by atoms with E-state index in [0.29, 0.717) is 11.5 Å².